The summed E-state index contributed by atoms with van der Waals surface area (Å²) in [6.45, 7) is 2.34. The van der Waals surface area contributed by atoms with E-state index in [1.807, 2.05) is 12.1 Å². The Kier molecular flexibility index (Phi) is 7.41. The smallest absolute Gasteiger partial charge is 0.246 e. The standard InChI is InChI=1S/C23H29ClN4O4S/c1-32-20-6-4-19(5-7-20)27-13-10-18(11-14-27)26-23(29)17-8-15-28(16-9-17)33(30,31)21-3-2-12-25-22(21)24/h2-7,12,17-18H,8-11,13-16H2,1H3,(H,26,29). The molecule has 2 aromatic rings. The van der Waals surface area contributed by atoms with Crippen LogP contribution in [0.15, 0.2) is 47.5 Å². The summed E-state index contributed by atoms with van der Waals surface area (Å²) in [5, 5.41) is 3.16. The van der Waals surface area contributed by atoms with Gasteiger partial charge in [-0.3, -0.25) is 4.79 Å². The number of ether oxygens (including phenoxy) is 1. The molecule has 178 valence electrons. The van der Waals surface area contributed by atoms with Gasteiger partial charge in [0, 0.05) is 50.0 Å². The minimum absolute atomic E-state index is 0.0122. The number of benzene rings is 1. The number of methoxy groups -OCH3 is 1. The Labute approximate surface area is 199 Å². The fourth-order valence-electron chi connectivity index (χ4n) is 4.46. The highest BCUT2D eigenvalue weighted by Gasteiger charge is 2.34. The number of nitrogens with one attached hydrogen (secondary N) is 1. The van der Waals surface area contributed by atoms with E-state index in [0.717, 1.165) is 37.4 Å². The molecule has 33 heavy (non-hydrogen) atoms. The van der Waals surface area contributed by atoms with Crippen molar-refractivity contribution in [2.24, 2.45) is 5.92 Å². The van der Waals surface area contributed by atoms with E-state index >= 15 is 0 Å². The van der Waals surface area contributed by atoms with Crippen LogP contribution >= 0.6 is 11.6 Å². The molecule has 1 N–H and O–H groups in total. The summed E-state index contributed by atoms with van der Waals surface area (Å²) in [5.74, 6) is 0.679. The van der Waals surface area contributed by atoms with Crippen molar-refractivity contribution in [3.05, 3.63) is 47.7 Å². The van der Waals surface area contributed by atoms with Crippen molar-refractivity contribution in [1.82, 2.24) is 14.6 Å². The maximum absolute atomic E-state index is 12.9. The fraction of sp³-hybridized carbons (Fsp3) is 0.478. The second-order valence-electron chi connectivity index (χ2n) is 8.44. The van der Waals surface area contributed by atoms with E-state index < -0.39 is 10.0 Å². The molecule has 0 spiro atoms. The number of pyridine rings is 1. The molecule has 3 heterocycles. The zero-order valence-electron chi connectivity index (χ0n) is 18.6. The van der Waals surface area contributed by atoms with Crippen LogP contribution in [0.2, 0.25) is 5.15 Å². The molecule has 1 aromatic heterocycles. The van der Waals surface area contributed by atoms with E-state index in [-0.39, 0.29) is 27.9 Å². The van der Waals surface area contributed by atoms with Gasteiger partial charge in [0.05, 0.1) is 7.11 Å². The average Bonchev–Trinajstić information content (AvgIpc) is 2.85. The van der Waals surface area contributed by atoms with Crippen LogP contribution < -0.4 is 15.0 Å². The maximum Gasteiger partial charge on any atom is 0.246 e. The van der Waals surface area contributed by atoms with Crippen molar-refractivity contribution in [3.8, 4) is 5.75 Å². The third-order valence-corrected chi connectivity index (χ3v) is 8.79. The highest BCUT2D eigenvalue weighted by molar-refractivity contribution is 7.89. The molecule has 1 aromatic carbocycles. The molecule has 2 fully saturated rings. The Morgan fingerprint density at radius 3 is 2.33 bits per heavy atom. The van der Waals surface area contributed by atoms with Gasteiger partial charge in [0.1, 0.15) is 15.8 Å². The van der Waals surface area contributed by atoms with E-state index in [1.54, 1.807) is 13.2 Å². The van der Waals surface area contributed by atoms with Gasteiger partial charge in [-0.1, -0.05) is 11.6 Å². The van der Waals surface area contributed by atoms with Crippen molar-refractivity contribution in [2.45, 2.75) is 36.6 Å². The van der Waals surface area contributed by atoms with Gasteiger partial charge in [0.15, 0.2) is 0 Å². The molecular weight excluding hydrogens is 464 g/mol. The number of hydrogen-bond acceptors (Lipinski definition) is 6. The van der Waals surface area contributed by atoms with Gasteiger partial charge >= 0.3 is 0 Å². The number of nitrogens with zero attached hydrogens (tertiary/aromatic N) is 3. The lowest BCUT2D eigenvalue weighted by Crippen LogP contribution is -2.48. The number of sulfonamides is 1. The number of rotatable bonds is 6. The van der Waals surface area contributed by atoms with Crippen molar-refractivity contribution in [3.63, 3.8) is 0 Å². The first-order valence-electron chi connectivity index (χ1n) is 11.2. The molecule has 1 amide bonds. The van der Waals surface area contributed by atoms with Gasteiger partial charge in [-0.2, -0.15) is 4.31 Å². The number of anilines is 1. The van der Waals surface area contributed by atoms with Crippen molar-refractivity contribution >= 4 is 33.2 Å². The lowest BCUT2D eigenvalue weighted by Gasteiger charge is -2.35. The Bertz CT molecular complexity index is 1060. The van der Waals surface area contributed by atoms with Crippen LogP contribution in [0.5, 0.6) is 5.75 Å². The Hall–Kier alpha value is -2.36. The molecular formula is C23H29ClN4O4S. The third kappa shape index (κ3) is 5.42. The lowest BCUT2D eigenvalue weighted by atomic mass is 9.95. The summed E-state index contributed by atoms with van der Waals surface area (Å²) in [6, 6.07) is 11.2. The van der Waals surface area contributed by atoms with E-state index in [9.17, 15) is 13.2 Å². The van der Waals surface area contributed by atoms with Gasteiger partial charge in [-0.15, -0.1) is 0 Å². The molecule has 0 radical (unpaired) electrons. The lowest BCUT2D eigenvalue weighted by molar-refractivity contribution is -0.127. The number of piperidine rings is 2. The number of carbonyl (C=O) groups is 1. The van der Waals surface area contributed by atoms with Crippen LogP contribution in [-0.4, -0.2) is 62.9 Å². The van der Waals surface area contributed by atoms with Crippen molar-refractivity contribution < 1.29 is 17.9 Å². The van der Waals surface area contributed by atoms with E-state index in [0.29, 0.717) is 25.9 Å². The summed E-state index contributed by atoms with van der Waals surface area (Å²) in [5.41, 5.74) is 1.16. The molecule has 10 heteroatoms. The summed E-state index contributed by atoms with van der Waals surface area (Å²) in [7, 11) is -2.06. The molecule has 2 aliphatic rings. The van der Waals surface area contributed by atoms with E-state index in [4.69, 9.17) is 16.3 Å². The summed E-state index contributed by atoms with van der Waals surface area (Å²) in [6.07, 6.45) is 4.20. The monoisotopic (exact) mass is 492 g/mol. The quantitative estimate of drug-likeness (QED) is 0.623. The number of amides is 1. The SMILES string of the molecule is COc1ccc(N2CCC(NC(=O)C3CCN(S(=O)(=O)c4cccnc4Cl)CC3)CC2)cc1. The minimum Gasteiger partial charge on any atom is -0.497 e. The predicted molar refractivity (Wildman–Crippen MR) is 127 cm³/mol. The number of carbonyl (C=O) groups excluding carboxylic acids is 1. The number of hydrogen-bond donors (Lipinski definition) is 1. The third-order valence-electron chi connectivity index (χ3n) is 6.45. The van der Waals surface area contributed by atoms with Crippen molar-refractivity contribution in [1.29, 1.82) is 0 Å². The molecule has 2 saturated heterocycles. The number of aromatic nitrogens is 1. The van der Waals surface area contributed by atoms with Gasteiger partial charge in [-0.25, -0.2) is 13.4 Å². The Balaban J connectivity index is 1.25. The van der Waals surface area contributed by atoms with Crippen LogP contribution in [-0.2, 0) is 14.8 Å². The Morgan fingerprint density at radius 1 is 1.06 bits per heavy atom. The highest BCUT2D eigenvalue weighted by atomic mass is 35.5. The van der Waals surface area contributed by atoms with Crippen LogP contribution in [0.1, 0.15) is 25.7 Å². The van der Waals surface area contributed by atoms with Crippen molar-refractivity contribution in [2.75, 3.05) is 38.2 Å². The summed E-state index contributed by atoms with van der Waals surface area (Å²) in [4.78, 5) is 19.0. The maximum atomic E-state index is 12.9. The summed E-state index contributed by atoms with van der Waals surface area (Å²) >= 11 is 5.99. The molecule has 2 aliphatic heterocycles. The van der Waals surface area contributed by atoms with Gasteiger partial charge < -0.3 is 15.0 Å². The minimum atomic E-state index is -3.71. The molecule has 4 rings (SSSR count). The second kappa shape index (κ2) is 10.3. The molecule has 0 saturated carbocycles. The second-order valence-corrected chi connectivity index (χ2v) is 10.7. The Morgan fingerprint density at radius 2 is 1.73 bits per heavy atom. The zero-order valence-corrected chi connectivity index (χ0v) is 20.2. The first kappa shape index (κ1) is 23.8. The average molecular weight is 493 g/mol. The van der Waals surface area contributed by atoms with Gasteiger partial charge in [0.25, 0.3) is 0 Å². The van der Waals surface area contributed by atoms with Gasteiger partial charge in [0.2, 0.25) is 15.9 Å². The normalized spacial score (nSPS) is 18.8. The predicted octanol–water partition coefficient (Wildman–Crippen LogP) is 2.93. The number of halogens is 1. The van der Waals surface area contributed by atoms with Crippen LogP contribution in [0.3, 0.4) is 0 Å². The zero-order chi connectivity index (χ0) is 23.4. The molecule has 8 nitrogen and oxygen atoms in total. The summed E-state index contributed by atoms with van der Waals surface area (Å²) < 4.78 is 32.4. The van der Waals surface area contributed by atoms with E-state index in [2.05, 4.69) is 27.3 Å². The van der Waals surface area contributed by atoms with Crippen LogP contribution in [0, 0.1) is 5.92 Å². The molecule has 0 aliphatic carbocycles. The van der Waals surface area contributed by atoms with Gasteiger partial charge in [-0.05, 0) is 62.1 Å². The molecule has 0 unspecified atom stereocenters. The fourth-order valence-corrected chi connectivity index (χ4v) is 6.35. The van der Waals surface area contributed by atoms with Crippen LogP contribution in [0.4, 0.5) is 5.69 Å². The molecule has 0 atom stereocenters. The first-order valence-corrected chi connectivity index (χ1v) is 13.0. The molecule has 0 bridgehead atoms. The first-order chi connectivity index (χ1) is 15.9. The topological polar surface area (TPSA) is 91.8 Å². The largest absolute Gasteiger partial charge is 0.497 e. The van der Waals surface area contributed by atoms with Crippen LogP contribution in [0.25, 0.3) is 0 Å². The van der Waals surface area contributed by atoms with E-state index in [1.165, 1.54) is 16.6 Å². The highest BCUT2D eigenvalue weighted by Crippen LogP contribution is 2.28.